The highest BCUT2D eigenvalue weighted by Crippen LogP contribution is 2.19. The van der Waals surface area contributed by atoms with Crippen LogP contribution in [0, 0.1) is 5.41 Å². The summed E-state index contributed by atoms with van der Waals surface area (Å²) < 4.78 is 2.06. The summed E-state index contributed by atoms with van der Waals surface area (Å²) in [4.78, 5) is 12.0. The minimum Gasteiger partial charge on any atom is -0.355 e. The molecule has 0 fully saturated rings. The zero-order valence-electron chi connectivity index (χ0n) is 15.8. The van der Waals surface area contributed by atoms with Crippen molar-refractivity contribution in [2.45, 2.75) is 40.0 Å². The van der Waals surface area contributed by atoms with E-state index in [1.54, 1.807) is 0 Å². The van der Waals surface area contributed by atoms with Gasteiger partial charge in [0, 0.05) is 24.8 Å². The van der Waals surface area contributed by atoms with E-state index in [0.717, 1.165) is 34.9 Å². The zero-order chi connectivity index (χ0) is 16.7. The molecule has 4 heteroatoms. The first kappa shape index (κ1) is 20.4. The lowest BCUT2D eigenvalue weighted by Gasteiger charge is -2.32. The molecule has 0 heterocycles. The summed E-state index contributed by atoms with van der Waals surface area (Å²) in [6.07, 6.45) is 3.17. The topological polar surface area (TPSA) is 29.1 Å². The van der Waals surface area contributed by atoms with Gasteiger partial charge in [-0.1, -0.05) is 20.8 Å². The molecular formula is C17H39N3O+2. The van der Waals surface area contributed by atoms with Crippen LogP contribution in [-0.2, 0) is 4.79 Å². The molecule has 0 spiro atoms. The smallest absolute Gasteiger partial charge is 0.225 e. The molecule has 1 N–H and O–H groups in total. The molecule has 21 heavy (non-hydrogen) atoms. The quantitative estimate of drug-likeness (QED) is 0.486. The lowest BCUT2D eigenvalue weighted by molar-refractivity contribution is -0.902. The van der Waals surface area contributed by atoms with E-state index in [0.29, 0.717) is 0 Å². The average Bonchev–Trinajstić information content (AvgIpc) is 2.32. The van der Waals surface area contributed by atoms with Crippen molar-refractivity contribution in [3.8, 4) is 0 Å². The van der Waals surface area contributed by atoms with Gasteiger partial charge in [0.15, 0.2) is 0 Å². The predicted octanol–water partition coefficient (Wildman–Crippen LogP) is 2.10. The van der Waals surface area contributed by atoms with Crippen molar-refractivity contribution in [1.29, 1.82) is 0 Å². The van der Waals surface area contributed by atoms with Gasteiger partial charge in [0.2, 0.25) is 5.91 Å². The number of nitrogens with zero attached hydrogens (tertiary/aromatic N) is 2. The van der Waals surface area contributed by atoms with Crippen molar-refractivity contribution in [3.05, 3.63) is 0 Å². The molecule has 126 valence electrons. The van der Waals surface area contributed by atoms with Crippen molar-refractivity contribution >= 4 is 5.91 Å². The van der Waals surface area contributed by atoms with E-state index in [1.807, 2.05) is 13.8 Å². The third kappa shape index (κ3) is 9.86. The van der Waals surface area contributed by atoms with Gasteiger partial charge in [0.1, 0.15) is 0 Å². The van der Waals surface area contributed by atoms with Crippen LogP contribution >= 0.6 is 0 Å². The van der Waals surface area contributed by atoms with Crippen molar-refractivity contribution in [2.75, 3.05) is 61.4 Å². The average molecular weight is 302 g/mol. The highest BCUT2D eigenvalue weighted by atomic mass is 16.2. The van der Waals surface area contributed by atoms with E-state index in [9.17, 15) is 4.79 Å². The van der Waals surface area contributed by atoms with Gasteiger partial charge < -0.3 is 14.3 Å². The van der Waals surface area contributed by atoms with Crippen LogP contribution in [0.15, 0.2) is 0 Å². The highest BCUT2D eigenvalue weighted by Gasteiger charge is 2.25. The SMILES string of the molecule is CCC(C)(C)C(=O)NCCC[N+](C)(C)CCC[N+](C)(C)C. The molecule has 0 atom stereocenters. The van der Waals surface area contributed by atoms with Crippen LogP contribution in [0.4, 0.5) is 0 Å². The molecule has 0 unspecified atom stereocenters. The predicted molar refractivity (Wildman–Crippen MR) is 91.1 cm³/mol. The van der Waals surface area contributed by atoms with Crippen LogP contribution in [0.2, 0.25) is 0 Å². The van der Waals surface area contributed by atoms with E-state index < -0.39 is 0 Å². The Balaban J connectivity index is 3.92. The molecular weight excluding hydrogens is 262 g/mol. The largest absolute Gasteiger partial charge is 0.355 e. The third-order valence-corrected chi connectivity index (χ3v) is 4.32. The first-order chi connectivity index (χ1) is 9.40. The highest BCUT2D eigenvalue weighted by molar-refractivity contribution is 5.81. The van der Waals surface area contributed by atoms with Crippen LogP contribution in [0.25, 0.3) is 0 Å². The number of hydrogen-bond donors (Lipinski definition) is 1. The second kappa shape index (κ2) is 8.14. The van der Waals surface area contributed by atoms with Crippen LogP contribution < -0.4 is 5.32 Å². The van der Waals surface area contributed by atoms with Gasteiger partial charge in [0.25, 0.3) is 0 Å². The second-order valence-corrected chi connectivity index (χ2v) is 8.60. The fraction of sp³-hybridized carbons (Fsp3) is 0.941. The lowest BCUT2D eigenvalue weighted by Crippen LogP contribution is -2.45. The Morgan fingerprint density at radius 2 is 1.48 bits per heavy atom. The first-order valence-corrected chi connectivity index (χ1v) is 8.30. The number of carbonyl (C=O) groups is 1. The van der Waals surface area contributed by atoms with E-state index in [-0.39, 0.29) is 11.3 Å². The monoisotopic (exact) mass is 301 g/mol. The van der Waals surface area contributed by atoms with Crippen LogP contribution in [-0.4, -0.2) is 76.3 Å². The molecule has 0 bridgehead atoms. The minimum absolute atomic E-state index is 0.181. The fourth-order valence-electron chi connectivity index (χ4n) is 2.19. The standard InChI is InChI=1S/C17H38N3O/c1-9-17(2,3)16(21)18-12-10-14-20(7,8)15-11-13-19(4,5)6/h9-15H2,1-8H3/q+1/p+1. The van der Waals surface area contributed by atoms with Crippen LogP contribution in [0.1, 0.15) is 40.0 Å². The maximum Gasteiger partial charge on any atom is 0.225 e. The molecule has 0 aromatic rings. The molecule has 4 nitrogen and oxygen atoms in total. The Kier molecular flexibility index (Phi) is 7.90. The Hall–Kier alpha value is -0.610. The summed E-state index contributed by atoms with van der Waals surface area (Å²) in [5.74, 6) is 0.181. The van der Waals surface area contributed by atoms with Crippen molar-refractivity contribution < 1.29 is 13.8 Å². The summed E-state index contributed by atoms with van der Waals surface area (Å²) in [7, 11) is 11.3. The van der Waals surface area contributed by atoms with E-state index in [2.05, 4.69) is 47.5 Å². The first-order valence-electron chi connectivity index (χ1n) is 8.30. The van der Waals surface area contributed by atoms with E-state index in [1.165, 1.54) is 19.5 Å². The zero-order valence-corrected chi connectivity index (χ0v) is 15.8. The molecule has 0 saturated carbocycles. The van der Waals surface area contributed by atoms with Crippen LogP contribution in [0.5, 0.6) is 0 Å². The number of nitrogens with one attached hydrogen (secondary N) is 1. The van der Waals surface area contributed by atoms with E-state index >= 15 is 0 Å². The van der Waals surface area contributed by atoms with Gasteiger partial charge in [-0.05, 0) is 6.42 Å². The maximum atomic E-state index is 12.0. The summed E-state index contributed by atoms with van der Waals surface area (Å²) in [5.41, 5.74) is -0.241. The van der Waals surface area contributed by atoms with Crippen molar-refractivity contribution in [3.63, 3.8) is 0 Å². The number of rotatable bonds is 10. The van der Waals surface area contributed by atoms with Gasteiger partial charge in [-0.2, -0.15) is 0 Å². The third-order valence-electron chi connectivity index (χ3n) is 4.32. The van der Waals surface area contributed by atoms with Gasteiger partial charge in [0.05, 0.1) is 54.9 Å². The number of hydrogen-bond acceptors (Lipinski definition) is 1. The summed E-state index contributed by atoms with van der Waals surface area (Å²) in [6, 6.07) is 0. The minimum atomic E-state index is -0.241. The molecule has 0 saturated heterocycles. The fourth-order valence-corrected chi connectivity index (χ4v) is 2.19. The molecule has 0 rings (SSSR count). The summed E-state index contributed by atoms with van der Waals surface area (Å²) in [5, 5.41) is 3.07. The Morgan fingerprint density at radius 1 is 0.952 bits per heavy atom. The second-order valence-electron chi connectivity index (χ2n) is 8.60. The molecule has 0 aromatic carbocycles. The van der Waals surface area contributed by atoms with Gasteiger partial charge in [-0.15, -0.1) is 0 Å². The normalized spacial score (nSPS) is 13.3. The summed E-state index contributed by atoms with van der Waals surface area (Å²) in [6.45, 7) is 10.4. The molecule has 0 aliphatic carbocycles. The Bertz CT molecular complexity index is 316. The van der Waals surface area contributed by atoms with Gasteiger partial charge in [-0.25, -0.2) is 0 Å². The Labute approximate surface area is 132 Å². The molecule has 0 radical (unpaired) electrons. The van der Waals surface area contributed by atoms with Crippen molar-refractivity contribution in [1.82, 2.24) is 5.32 Å². The van der Waals surface area contributed by atoms with E-state index in [4.69, 9.17) is 0 Å². The van der Waals surface area contributed by atoms with Crippen LogP contribution in [0.3, 0.4) is 0 Å². The molecule has 0 aromatic heterocycles. The summed E-state index contributed by atoms with van der Waals surface area (Å²) >= 11 is 0. The Morgan fingerprint density at radius 3 is 1.95 bits per heavy atom. The molecule has 0 aliphatic heterocycles. The molecule has 1 amide bonds. The molecule has 0 aliphatic rings. The number of carbonyl (C=O) groups excluding carboxylic acids is 1. The van der Waals surface area contributed by atoms with Gasteiger partial charge >= 0.3 is 0 Å². The van der Waals surface area contributed by atoms with Gasteiger partial charge in [-0.3, -0.25) is 4.79 Å². The van der Waals surface area contributed by atoms with Crippen molar-refractivity contribution in [2.24, 2.45) is 5.41 Å². The number of quaternary nitrogens is 2. The lowest BCUT2D eigenvalue weighted by atomic mass is 9.89. The number of amides is 1. The maximum absolute atomic E-state index is 12.0.